The minimum Gasteiger partial charge on any atom is -0.481 e. The number of rotatable bonds is 5. The Balaban J connectivity index is 1.87. The lowest BCUT2D eigenvalue weighted by Gasteiger charge is -2.21. The van der Waals surface area contributed by atoms with E-state index in [2.05, 4.69) is 0 Å². The molecule has 1 fully saturated rings. The van der Waals surface area contributed by atoms with Crippen molar-refractivity contribution in [2.24, 2.45) is 11.8 Å². The summed E-state index contributed by atoms with van der Waals surface area (Å²) in [6.07, 6.45) is -0.565. The van der Waals surface area contributed by atoms with Gasteiger partial charge >= 0.3 is 5.97 Å². The Hall–Kier alpha value is -1.88. The van der Waals surface area contributed by atoms with E-state index in [9.17, 15) is 9.59 Å². The number of benzene rings is 1. The number of carboxylic acids is 1. The van der Waals surface area contributed by atoms with Crippen LogP contribution < -0.4 is 0 Å². The summed E-state index contributed by atoms with van der Waals surface area (Å²) in [7, 11) is 0. The number of carbonyl (C=O) groups excluding carboxylic acids is 1. The maximum absolute atomic E-state index is 12.3. The second-order valence-corrected chi connectivity index (χ2v) is 5.60. The molecule has 1 unspecified atom stereocenters. The highest BCUT2D eigenvalue weighted by atomic mass is 16.5. The quantitative estimate of drug-likeness (QED) is 0.898. The van der Waals surface area contributed by atoms with E-state index in [1.807, 2.05) is 37.3 Å². The molecule has 0 spiro atoms. The minimum atomic E-state index is -0.837. The van der Waals surface area contributed by atoms with Crippen molar-refractivity contribution < 1.29 is 19.4 Å². The molecule has 21 heavy (non-hydrogen) atoms. The van der Waals surface area contributed by atoms with E-state index in [0.29, 0.717) is 13.2 Å². The standard InChI is InChI=1S/C16H21NO4/c1-11-8-17(9-14(11)16(19)20)15(18)12(2)21-10-13-6-4-3-5-7-13/h3-7,11-12,14H,8-10H2,1-2H3,(H,19,20)/t11-,12?,14-/m1/s1. The van der Waals surface area contributed by atoms with Crippen LogP contribution in [0, 0.1) is 11.8 Å². The number of hydrogen-bond acceptors (Lipinski definition) is 3. The first-order valence-electron chi connectivity index (χ1n) is 7.16. The van der Waals surface area contributed by atoms with Gasteiger partial charge in [-0.1, -0.05) is 37.3 Å². The molecule has 1 N–H and O–H groups in total. The molecule has 114 valence electrons. The third-order valence-corrected chi connectivity index (χ3v) is 3.93. The number of ether oxygens (including phenoxy) is 1. The number of aliphatic carboxylic acids is 1. The van der Waals surface area contributed by atoms with Crippen molar-refractivity contribution >= 4 is 11.9 Å². The summed E-state index contributed by atoms with van der Waals surface area (Å²) >= 11 is 0. The van der Waals surface area contributed by atoms with Crippen LogP contribution in [0.15, 0.2) is 30.3 Å². The van der Waals surface area contributed by atoms with E-state index in [1.54, 1.807) is 11.8 Å². The van der Waals surface area contributed by atoms with E-state index in [1.165, 1.54) is 0 Å². The molecule has 1 aromatic carbocycles. The van der Waals surface area contributed by atoms with E-state index >= 15 is 0 Å². The monoisotopic (exact) mass is 291 g/mol. The number of carboxylic acid groups (broad SMARTS) is 1. The van der Waals surface area contributed by atoms with E-state index in [4.69, 9.17) is 9.84 Å². The van der Waals surface area contributed by atoms with Gasteiger partial charge in [-0.2, -0.15) is 0 Å². The third kappa shape index (κ3) is 3.82. The van der Waals surface area contributed by atoms with E-state index < -0.39 is 18.0 Å². The van der Waals surface area contributed by atoms with Gasteiger partial charge < -0.3 is 14.7 Å². The van der Waals surface area contributed by atoms with Crippen LogP contribution in [0.4, 0.5) is 0 Å². The topological polar surface area (TPSA) is 66.8 Å². The molecule has 1 amide bonds. The van der Waals surface area contributed by atoms with E-state index in [0.717, 1.165) is 5.56 Å². The average Bonchev–Trinajstić information content (AvgIpc) is 2.87. The molecule has 0 bridgehead atoms. The molecule has 1 aromatic rings. The molecule has 0 aromatic heterocycles. The second-order valence-electron chi connectivity index (χ2n) is 5.60. The van der Waals surface area contributed by atoms with Crippen LogP contribution in [-0.2, 0) is 20.9 Å². The normalized spacial score (nSPS) is 23.0. The van der Waals surface area contributed by atoms with Crippen LogP contribution in [0.2, 0.25) is 0 Å². The first kappa shape index (κ1) is 15.5. The summed E-state index contributed by atoms with van der Waals surface area (Å²) in [5, 5.41) is 9.10. The zero-order chi connectivity index (χ0) is 15.4. The highest BCUT2D eigenvalue weighted by Crippen LogP contribution is 2.24. The van der Waals surface area contributed by atoms with Gasteiger partial charge in [0.25, 0.3) is 5.91 Å². The van der Waals surface area contributed by atoms with Gasteiger partial charge in [-0.3, -0.25) is 9.59 Å². The van der Waals surface area contributed by atoms with Gasteiger partial charge in [0, 0.05) is 13.1 Å². The number of nitrogens with zero attached hydrogens (tertiary/aromatic N) is 1. The first-order chi connectivity index (χ1) is 9.99. The lowest BCUT2D eigenvalue weighted by atomic mass is 9.99. The fourth-order valence-corrected chi connectivity index (χ4v) is 2.59. The fourth-order valence-electron chi connectivity index (χ4n) is 2.59. The lowest BCUT2D eigenvalue weighted by Crippen LogP contribution is -2.38. The van der Waals surface area contributed by atoms with Gasteiger partial charge in [-0.15, -0.1) is 0 Å². The lowest BCUT2D eigenvalue weighted by molar-refractivity contribution is -0.144. The fraction of sp³-hybridized carbons (Fsp3) is 0.500. The van der Waals surface area contributed by atoms with Crippen molar-refractivity contribution in [3.8, 4) is 0 Å². The molecule has 1 aliphatic rings. The summed E-state index contributed by atoms with van der Waals surface area (Å²) in [6.45, 7) is 4.70. The van der Waals surface area contributed by atoms with Crippen molar-refractivity contribution in [2.45, 2.75) is 26.6 Å². The van der Waals surface area contributed by atoms with Crippen LogP contribution in [0.25, 0.3) is 0 Å². The molecule has 1 heterocycles. The number of hydrogen-bond donors (Lipinski definition) is 1. The minimum absolute atomic E-state index is 0.0206. The highest BCUT2D eigenvalue weighted by molar-refractivity contribution is 5.82. The summed E-state index contributed by atoms with van der Waals surface area (Å²) in [4.78, 5) is 25.0. The Morgan fingerprint density at radius 3 is 2.57 bits per heavy atom. The predicted molar refractivity (Wildman–Crippen MR) is 77.6 cm³/mol. The molecule has 0 aliphatic carbocycles. The van der Waals surface area contributed by atoms with Crippen molar-refractivity contribution in [1.29, 1.82) is 0 Å². The molecule has 1 aliphatic heterocycles. The zero-order valence-corrected chi connectivity index (χ0v) is 12.4. The van der Waals surface area contributed by atoms with Gasteiger partial charge in [-0.25, -0.2) is 0 Å². The maximum Gasteiger partial charge on any atom is 0.308 e. The smallest absolute Gasteiger partial charge is 0.308 e. The van der Waals surface area contributed by atoms with Gasteiger partial charge in [0.05, 0.1) is 12.5 Å². The molecule has 5 nitrogen and oxygen atoms in total. The highest BCUT2D eigenvalue weighted by Gasteiger charge is 2.38. The second kappa shape index (κ2) is 6.72. The SMILES string of the molecule is CC(OCc1ccccc1)C(=O)N1C[C@@H](C)[C@H](C(=O)O)C1. The van der Waals surface area contributed by atoms with Crippen molar-refractivity contribution in [3.05, 3.63) is 35.9 Å². The van der Waals surface area contributed by atoms with Gasteiger partial charge in [-0.05, 0) is 18.4 Å². The zero-order valence-electron chi connectivity index (χ0n) is 12.4. The Morgan fingerprint density at radius 1 is 1.33 bits per heavy atom. The van der Waals surface area contributed by atoms with Crippen LogP contribution in [0.3, 0.4) is 0 Å². The van der Waals surface area contributed by atoms with Crippen molar-refractivity contribution in [2.75, 3.05) is 13.1 Å². The average molecular weight is 291 g/mol. The third-order valence-electron chi connectivity index (χ3n) is 3.93. The maximum atomic E-state index is 12.3. The van der Waals surface area contributed by atoms with Gasteiger partial charge in [0.1, 0.15) is 6.10 Å². The van der Waals surface area contributed by atoms with Gasteiger partial charge in [0.15, 0.2) is 0 Å². The molecule has 5 heteroatoms. The van der Waals surface area contributed by atoms with Crippen LogP contribution in [-0.4, -0.2) is 41.1 Å². The molecular formula is C16H21NO4. The largest absolute Gasteiger partial charge is 0.481 e. The van der Waals surface area contributed by atoms with Crippen LogP contribution >= 0.6 is 0 Å². The number of amides is 1. The predicted octanol–water partition coefficient (Wildman–Crippen LogP) is 1.77. The summed E-state index contributed by atoms with van der Waals surface area (Å²) in [6, 6.07) is 9.65. The molecule has 0 radical (unpaired) electrons. The molecular weight excluding hydrogens is 270 g/mol. The number of likely N-dealkylation sites (tertiary alicyclic amines) is 1. The Labute approximate surface area is 124 Å². The molecule has 3 atom stereocenters. The van der Waals surface area contributed by atoms with Crippen molar-refractivity contribution in [3.63, 3.8) is 0 Å². The van der Waals surface area contributed by atoms with Gasteiger partial charge in [0.2, 0.25) is 0 Å². The molecule has 1 saturated heterocycles. The number of carbonyl (C=O) groups is 2. The Morgan fingerprint density at radius 2 is 2.00 bits per heavy atom. The summed E-state index contributed by atoms with van der Waals surface area (Å²) in [5.41, 5.74) is 1.01. The van der Waals surface area contributed by atoms with Crippen LogP contribution in [0.1, 0.15) is 19.4 Å². The Bertz CT molecular complexity index is 502. The van der Waals surface area contributed by atoms with Crippen molar-refractivity contribution in [1.82, 2.24) is 4.90 Å². The molecule has 0 saturated carbocycles. The Kier molecular flexibility index (Phi) is 4.96. The first-order valence-corrected chi connectivity index (χ1v) is 7.16. The van der Waals surface area contributed by atoms with Crippen LogP contribution in [0.5, 0.6) is 0 Å². The van der Waals surface area contributed by atoms with E-state index in [-0.39, 0.29) is 18.4 Å². The molecule has 2 rings (SSSR count). The summed E-state index contributed by atoms with van der Waals surface area (Å²) in [5.74, 6) is -1.47. The summed E-state index contributed by atoms with van der Waals surface area (Å²) < 4.78 is 5.59.